The standard InChI is InChI=1S/C25H30N2O6.C11H15NO3.C3H4O2/c1-3-26(14-12-24(30)31)20-10-8-18(22(28)16-20)6-5-7-19-9-11-21(17-23(19)29)27(4-2)15-13-25(32)33;1-2-12(7-6-11(14)15)9-4-3-5-10(13)8-9;4-2-1-3-5/h5-11,16-17H,3-4,12-15H2,1-2H3,(H3,28,29,30,31,32,33);3-5,8,13H,2,6-7H2,1H3,(H,14,15);2-3H,1H2/p+1. The number of carboxylic acids is 3. The van der Waals surface area contributed by atoms with Gasteiger partial charge < -0.3 is 50.0 Å². The smallest absolute Gasteiger partial charge is 0.309 e. The highest BCUT2D eigenvalue weighted by atomic mass is 16.4. The number of carboxylic acid groups (broad SMARTS) is 3. The molecule has 0 heterocycles. The van der Waals surface area contributed by atoms with Gasteiger partial charge in [0.1, 0.15) is 42.8 Å². The summed E-state index contributed by atoms with van der Waals surface area (Å²) in [6.07, 6.45) is 11.6. The fraction of sp³-hybridized carbons (Fsp3) is 0.333. The molecule has 1 aliphatic rings. The molecule has 14 nitrogen and oxygen atoms in total. The molecular weight excluding hydrogens is 686 g/mol. The number of anilines is 2. The Morgan fingerprint density at radius 2 is 1.34 bits per heavy atom. The molecule has 0 bridgehead atoms. The van der Waals surface area contributed by atoms with Crippen molar-refractivity contribution >= 4 is 53.6 Å². The number of phenolic OH excluding ortho intramolecular Hbond substituents is 2. The molecule has 0 amide bonds. The summed E-state index contributed by atoms with van der Waals surface area (Å²) in [5.74, 6) is -2.21. The molecule has 0 aromatic heterocycles. The van der Waals surface area contributed by atoms with Gasteiger partial charge in [-0.25, -0.2) is 4.58 Å². The van der Waals surface area contributed by atoms with Gasteiger partial charge in [-0.1, -0.05) is 24.3 Å². The van der Waals surface area contributed by atoms with Gasteiger partial charge in [-0.05, 0) is 51.1 Å². The predicted octanol–water partition coefficient (Wildman–Crippen LogP) is 5.06. The topological polar surface area (TPSA) is 216 Å². The Hall–Kier alpha value is -6.18. The SMILES string of the molecule is CCN(CCC(=O)O)c1ccc(/C=C/C=C2/C=CC(=[N+](CC)CCC(=O)O)C=C2O)c(O)c1.CCN(CCC(=O)O)c1cccc(O)c1.O=CCC=O. The summed E-state index contributed by atoms with van der Waals surface area (Å²) in [4.78, 5) is 54.2. The van der Waals surface area contributed by atoms with Crippen LogP contribution in [0.1, 0.15) is 52.0 Å². The summed E-state index contributed by atoms with van der Waals surface area (Å²) in [7, 11) is 0. The molecule has 3 rings (SSSR count). The molecule has 0 radical (unpaired) electrons. The Balaban J connectivity index is 0.000000577. The number of aromatic hydroxyl groups is 2. The molecular formula is C39H50N3O11+. The van der Waals surface area contributed by atoms with Crippen LogP contribution in [0.15, 0.2) is 84.2 Å². The van der Waals surface area contributed by atoms with Crippen molar-refractivity contribution in [2.24, 2.45) is 0 Å². The Bertz CT molecular complexity index is 1690. The lowest BCUT2D eigenvalue weighted by Crippen LogP contribution is -2.25. The van der Waals surface area contributed by atoms with Crippen molar-refractivity contribution in [3.63, 3.8) is 0 Å². The second-order valence-corrected chi connectivity index (χ2v) is 11.3. The number of hydrogen-bond donors (Lipinski definition) is 6. The molecule has 53 heavy (non-hydrogen) atoms. The van der Waals surface area contributed by atoms with Crippen LogP contribution in [0.3, 0.4) is 0 Å². The Labute approximate surface area is 309 Å². The molecule has 0 saturated heterocycles. The third kappa shape index (κ3) is 17.5. The number of aliphatic hydroxyl groups excluding tert-OH is 1. The molecule has 286 valence electrons. The average Bonchev–Trinajstić information content (AvgIpc) is 3.11. The molecule has 0 saturated carbocycles. The molecule has 1 aliphatic carbocycles. The van der Waals surface area contributed by atoms with E-state index in [1.807, 2.05) is 53.4 Å². The molecule has 14 heteroatoms. The zero-order chi connectivity index (χ0) is 39.8. The predicted molar refractivity (Wildman–Crippen MR) is 203 cm³/mol. The van der Waals surface area contributed by atoms with Crippen molar-refractivity contribution in [1.82, 2.24) is 0 Å². The van der Waals surface area contributed by atoms with Crippen molar-refractivity contribution < 1.29 is 59.2 Å². The maximum atomic E-state index is 10.8. The lowest BCUT2D eigenvalue weighted by molar-refractivity contribution is -0.522. The van der Waals surface area contributed by atoms with E-state index in [1.54, 1.807) is 60.7 Å². The fourth-order valence-corrected chi connectivity index (χ4v) is 4.83. The minimum Gasteiger partial charge on any atom is -0.508 e. The molecule has 6 N–H and O–H groups in total. The van der Waals surface area contributed by atoms with Crippen LogP contribution in [0.5, 0.6) is 11.5 Å². The number of benzene rings is 2. The Kier molecular flexibility index (Phi) is 21.1. The first-order chi connectivity index (χ1) is 25.3. The summed E-state index contributed by atoms with van der Waals surface area (Å²) in [5.41, 5.74) is 3.51. The van der Waals surface area contributed by atoms with E-state index < -0.39 is 17.9 Å². The van der Waals surface area contributed by atoms with Gasteiger partial charge in [0.15, 0.2) is 6.54 Å². The minimum absolute atomic E-state index is 0.0169. The van der Waals surface area contributed by atoms with E-state index in [-0.39, 0.29) is 42.9 Å². The number of aliphatic carboxylic acids is 3. The van der Waals surface area contributed by atoms with Crippen LogP contribution < -0.4 is 9.80 Å². The first kappa shape index (κ1) is 44.8. The van der Waals surface area contributed by atoms with Crippen LogP contribution >= 0.6 is 0 Å². The monoisotopic (exact) mass is 736 g/mol. The molecule has 2 aromatic rings. The molecule has 2 aromatic carbocycles. The number of carbonyl (C=O) groups excluding carboxylic acids is 2. The van der Waals surface area contributed by atoms with Gasteiger partial charge in [-0.15, -0.1) is 0 Å². The van der Waals surface area contributed by atoms with Gasteiger partial charge in [0.25, 0.3) is 0 Å². The average molecular weight is 737 g/mol. The van der Waals surface area contributed by atoms with E-state index in [2.05, 4.69) is 0 Å². The summed E-state index contributed by atoms with van der Waals surface area (Å²) in [6.45, 7) is 8.92. The van der Waals surface area contributed by atoms with E-state index in [0.29, 0.717) is 56.4 Å². The van der Waals surface area contributed by atoms with Crippen molar-refractivity contribution in [2.75, 3.05) is 49.1 Å². The van der Waals surface area contributed by atoms with Gasteiger partial charge >= 0.3 is 17.9 Å². The van der Waals surface area contributed by atoms with Crippen LogP contribution in [0.25, 0.3) is 6.08 Å². The lowest BCUT2D eigenvalue weighted by Gasteiger charge is -2.22. The third-order valence-corrected chi connectivity index (χ3v) is 7.63. The number of aldehydes is 2. The number of hydrogen-bond acceptors (Lipinski definition) is 10. The van der Waals surface area contributed by atoms with Crippen molar-refractivity contribution in [3.05, 3.63) is 89.7 Å². The molecule has 0 fully saturated rings. The number of nitrogens with zero attached hydrogens (tertiary/aromatic N) is 3. The van der Waals surface area contributed by atoms with Crippen molar-refractivity contribution in [2.45, 2.75) is 46.5 Å². The fourth-order valence-electron chi connectivity index (χ4n) is 4.83. The zero-order valence-corrected chi connectivity index (χ0v) is 30.3. The summed E-state index contributed by atoms with van der Waals surface area (Å²) < 4.78 is 1.88. The van der Waals surface area contributed by atoms with Crippen LogP contribution in [-0.4, -0.2) is 111 Å². The number of allylic oxidation sites excluding steroid dienone is 5. The van der Waals surface area contributed by atoms with Gasteiger partial charge in [-0.3, -0.25) is 14.4 Å². The maximum absolute atomic E-state index is 10.8. The van der Waals surface area contributed by atoms with Gasteiger partial charge in [0, 0.05) is 66.9 Å². The highest BCUT2D eigenvalue weighted by Gasteiger charge is 2.16. The summed E-state index contributed by atoms with van der Waals surface area (Å²) in [6, 6.07) is 12.0. The summed E-state index contributed by atoms with van der Waals surface area (Å²) >= 11 is 0. The van der Waals surface area contributed by atoms with Crippen LogP contribution in [0.2, 0.25) is 0 Å². The van der Waals surface area contributed by atoms with Crippen LogP contribution in [0, 0.1) is 0 Å². The Morgan fingerprint density at radius 1 is 0.755 bits per heavy atom. The first-order valence-corrected chi connectivity index (χ1v) is 17.0. The molecule has 0 aliphatic heterocycles. The number of carbonyl (C=O) groups is 5. The number of aliphatic hydroxyl groups is 1. The van der Waals surface area contributed by atoms with E-state index in [0.717, 1.165) is 23.6 Å². The second kappa shape index (κ2) is 24.9. The van der Waals surface area contributed by atoms with Gasteiger partial charge in [0.05, 0.1) is 25.3 Å². The lowest BCUT2D eigenvalue weighted by atomic mass is 10.0. The molecule has 0 spiro atoms. The zero-order valence-electron chi connectivity index (χ0n) is 30.3. The molecule has 0 unspecified atom stereocenters. The van der Waals surface area contributed by atoms with Crippen molar-refractivity contribution in [1.29, 1.82) is 0 Å². The summed E-state index contributed by atoms with van der Waals surface area (Å²) in [5, 5.41) is 56.4. The second-order valence-electron chi connectivity index (χ2n) is 11.3. The maximum Gasteiger partial charge on any atom is 0.309 e. The highest BCUT2D eigenvalue weighted by molar-refractivity contribution is 6.03. The Morgan fingerprint density at radius 3 is 1.79 bits per heavy atom. The first-order valence-electron chi connectivity index (χ1n) is 17.0. The van der Waals surface area contributed by atoms with Crippen LogP contribution in [0.4, 0.5) is 11.4 Å². The van der Waals surface area contributed by atoms with E-state index in [1.165, 1.54) is 0 Å². The quantitative estimate of drug-likeness (QED) is 0.0671. The largest absolute Gasteiger partial charge is 0.508 e. The highest BCUT2D eigenvalue weighted by Crippen LogP contribution is 2.26. The van der Waals surface area contributed by atoms with Crippen molar-refractivity contribution in [3.8, 4) is 11.5 Å². The minimum atomic E-state index is -0.869. The van der Waals surface area contributed by atoms with E-state index in [4.69, 9.17) is 15.3 Å². The van der Waals surface area contributed by atoms with E-state index in [9.17, 15) is 39.3 Å². The van der Waals surface area contributed by atoms with Gasteiger partial charge in [0.2, 0.25) is 5.71 Å². The number of rotatable bonds is 18. The number of phenols is 2. The third-order valence-electron chi connectivity index (χ3n) is 7.63. The van der Waals surface area contributed by atoms with E-state index >= 15 is 0 Å². The molecule has 0 atom stereocenters. The normalized spacial score (nSPS) is 13.5. The van der Waals surface area contributed by atoms with Gasteiger partial charge in [-0.2, -0.15) is 0 Å². The van der Waals surface area contributed by atoms with Crippen LogP contribution in [-0.2, 0) is 24.0 Å².